The van der Waals surface area contributed by atoms with Gasteiger partial charge in [-0.1, -0.05) is 46.2 Å². The Morgan fingerprint density at radius 3 is 2.33 bits per heavy atom. The van der Waals surface area contributed by atoms with Crippen molar-refractivity contribution in [3.8, 4) is 5.75 Å². The maximum Gasteiger partial charge on any atom is 0.119 e. The molecule has 0 aromatic heterocycles. The number of aryl methyl sites for hydroxylation is 3. The normalized spacial score (nSPS) is 11.6. The molecule has 2 aromatic carbocycles. The molecule has 0 aliphatic rings. The highest BCUT2D eigenvalue weighted by Crippen LogP contribution is 2.19. The van der Waals surface area contributed by atoms with Crippen LogP contribution in [0.25, 0.3) is 0 Å². The van der Waals surface area contributed by atoms with Crippen LogP contribution in [0.15, 0.2) is 36.4 Å². The molecule has 0 N–H and O–H groups in total. The summed E-state index contributed by atoms with van der Waals surface area (Å²) in [6, 6.07) is 12.0. The van der Waals surface area contributed by atoms with Crippen LogP contribution in [-0.4, -0.2) is 12.1 Å². The van der Waals surface area contributed by atoms with Crippen LogP contribution in [-0.2, 0) is 0 Å². The molecule has 0 spiro atoms. The molecule has 128 valence electrons. The van der Waals surface area contributed by atoms with Gasteiger partial charge in [-0.2, -0.15) is 0 Å². The minimum atomic E-state index is 0.158. The van der Waals surface area contributed by atoms with E-state index in [9.17, 15) is 5.11 Å². The number of ether oxygens (including phenoxy) is 1. The molecule has 0 unspecified atom stereocenters. The van der Waals surface area contributed by atoms with Crippen molar-refractivity contribution in [2.45, 2.75) is 47.0 Å². The number of unbranched alkanes of at least 4 members (excludes halogenated alkanes) is 2. The van der Waals surface area contributed by atoms with Crippen LogP contribution in [0.3, 0.4) is 0 Å². The Morgan fingerprint density at radius 2 is 1.71 bits per heavy atom. The fraction of sp³-hybridized carbons (Fsp3) is 0.381. The van der Waals surface area contributed by atoms with Crippen molar-refractivity contribution in [3.63, 3.8) is 0 Å². The second kappa shape index (κ2) is 9.01. The van der Waals surface area contributed by atoms with Gasteiger partial charge in [0, 0.05) is 5.30 Å². The van der Waals surface area contributed by atoms with Crippen molar-refractivity contribution in [1.82, 2.24) is 0 Å². The minimum absolute atomic E-state index is 0.158. The summed E-state index contributed by atoms with van der Waals surface area (Å²) in [6.07, 6.45) is 3.47. The summed E-state index contributed by atoms with van der Waals surface area (Å²) < 4.78 is 5.78. The molecule has 2 rings (SSSR count). The molecule has 0 saturated heterocycles. The van der Waals surface area contributed by atoms with Crippen molar-refractivity contribution in [1.29, 1.82) is 0 Å². The number of benzene rings is 2. The third-order valence-electron chi connectivity index (χ3n) is 4.10. The van der Waals surface area contributed by atoms with E-state index in [1.807, 2.05) is 57.2 Å². The fourth-order valence-electron chi connectivity index (χ4n) is 2.70. The molecule has 0 atom stereocenters. The molecule has 0 heterocycles. The highest BCUT2D eigenvalue weighted by Gasteiger charge is 2.03. The molecule has 0 saturated carbocycles. The van der Waals surface area contributed by atoms with Crippen LogP contribution in [0, 0.1) is 20.8 Å². The minimum Gasteiger partial charge on any atom is -0.823 e. The van der Waals surface area contributed by atoms with Crippen LogP contribution >= 0.6 is 8.20 Å². The second-order valence-electron chi connectivity index (χ2n) is 6.19. The average Bonchev–Trinajstić information content (AvgIpc) is 2.54. The molecule has 0 bridgehead atoms. The number of hydrogen-bond acceptors (Lipinski definition) is 2. The van der Waals surface area contributed by atoms with Gasteiger partial charge in [0.2, 0.25) is 0 Å². The topological polar surface area (TPSA) is 32.3 Å². The van der Waals surface area contributed by atoms with Crippen LogP contribution in [0.5, 0.6) is 5.75 Å². The zero-order chi connectivity index (χ0) is 17.5. The molecular formula is C21H26O2P-. The van der Waals surface area contributed by atoms with E-state index >= 15 is 0 Å². The Hall–Kier alpha value is -1.63. The zero-order valence-corrected chi connectivity index (χ0v) is 16.0. The van der Waals surface area contributed by atoms with Gasteiger partial charge >= 0.3 is 0 Å². The lowest BCUT2D eigenvalue weighted by atomic mass is 10.0. The first-order valence-electron chi connectivity index (χ1n) is 8.58. The highest BCUT2D eigenvalue weighted by molar-refractivity contribution is 7.49. The fourth-order valence-corrected chi connectivity index (χ4v) is 3.78. The van der Waals surface area contributed by atoms with Gasteiger partial charge in [-0.15, -0.1) is 5.48 Å². The first kappa shape index (κ1) is 18.7. The summed E-state index contributed by atoms with van der Waals surface area (Å²) in [5.41, 5.74) is 4.19. The molecular weight excluding hydrogens is 315 g/mol. The van der Waals surface area contributed by atoms with Gasteiger partial charge in [0.25, 0.3) is 0 Å². The summed E-state index contributed by atoms with van der Waals surface area (Å²) in [4.78, 5) is 0. The van der Waals surface area contributed by atoms with E-state index in [0.717, 1.165) is 54.5 Å². The van der Waals surface area contributed by atoms with Gasteiger partial charge in [0.1, 0.15) is 5.75 Å². The first-order valence-corrected chi connectivity index (χ1v) is 9.48. The third kappa shape index (κ3) is 4.93. The monoisotopic (exact) mass is 341 g/mol. The van der Waals surface area contributed by atoms with E-state index in [4.69, 9.17) is 4.74 Å². The molecule has 0 radical (unpaired) electrons. The summed E-state index contributed by atoms with van der Waals surface area (Å²) >= 11 is 0. The Labute approximate surface area is 147 Å². The maximum absolute atomic E-state index is 12.7. The average molecular weight is 341 g/mol. The molecule has 2 aromatic rings. The van der Waals surface area contributed by atoms with Crippen molar-refractivity contribution < 1.29 is 9.84 Å². The Balaban J connectivity index is 2.17. The van der Waals surface area contributed by atoms with Crippen LogP contribution < -0.4 is 15.1 Å². The molecule has 0 fully saturated rings. The number of rotatable bonds is 7. The van der Waals surface area contributed by atoms with E-state index in [1.54, 1.807) is 0 Å². The summed E-state index contributed by atoms with van der Waals surface area (Å²) in [5, 5.41) is 13.7. The second-order valence-corrected chi connectivity index (χ2v) is 7.30. The Kier molecular flexibility index (Phi) is 7.02. The van der Waals surface area contributed by atoms with E-state index in [2.05, 4.69) is 6.92 Å². The van der Waals surface area contributed by atoms with Gasteiger partial charge in [0.05, 0.1) is 6.61 Å². The molecule has 24 heavy (non-hydrogen) atoms. The summed E-state index contributed by atoms with van der Waals surface area (Å²) in [7, 11) is 0.725. The Morgan fingerprint density at radius 1 is 1.00 bits per heavy atom. The van der Waals surface area contributed by atoms with Crippen molar-refractivity contribution in [2.24, 2.45) is 0 Å². The van der Waals surface area contributed by atoms with Crippen molar-refractivity contribution >= 4 is 19.0 Å². The van der Waals surface area contributed by atoms with E-state index < -0.39 is 0 Å². The predicted octanol–water partition coefficient (Wildman–Crippen LogP) is 4.29. The quantitative estimate of drug-likeness (QED) is 0.556. The first-order chi connectivity index (χ1) is 11.5. The lowest BCUT2D eigenvalue weighted by molar-refractivity contribution is -0.207. The predicted molar refractivity (Wildman–Crippen MR) is 103 cm³/mol. The van der Waals surface area contributed by atoms with Gasteiger partial charge in [-0.05, 0) is 67.6 Å². The van der Waals surface area contributed by atoms with Crippen LogP contribution in [0.2, 0.25) is 0 Å². The van der Waals surface area contributed by atoms with Gasteiger partial charge in [-0.25, -0.2) is 0 Å². The zero-order valence-electron chi connectivity index (χ0n) is 15.1. The van der Waals surface area contributed by atoms with Crippen molar-refractivity contribution in [3.05, 3.63) is 58.7 Å². The van der Waals surface area contributed by atoms with Crippen LogP contribution in [0.1, 0.15) is 48.4 Å². The lowest BCUT2D eigenvalue weighted by Gasteiger charge is -2.18. The Bertz CT molecular complexity index is 700. The third-order valence-corrected chi connectivity index (χ3v) is 5.27. The van der Waals surface area contributed by atoms with E-state index in [1.165, 1.54) is 12.8 Å². The van der Waals surface area contributed by atoms with Gasteiger partial charge in [-0.3, -0.25) is 0 Å². The molecule has 0 aliphatic heterocycles. The maximum atomic E-state index is 12.7. The smallest absolute Gasteiger partial charge is 0.119 e. The molecule has 2 nitrogen and oxygen atoms in total. The van der Waals surface area contributed by atoms with E-state index in [0.29, 0.717) is 0 Å². The summed E-state index contributed by atoms with van der Waals surface area (Å²) in [6.45, 7) is 8.97. The lowest BCUT2D eigenvalue weighted by Crippen LogP contribution is -2.20. The largest absolute Gasteiger partial charge is 0.823 e. The molecule has 3 heteroatoms. The molecule has 0 aliphatic carbocycles. The SMILES string of the molecule is CCCCCOc1ccc(P=C([O-])c2c(C)cccc2C)c(C)c1. The van der Waals surface area contributed by atoms with Gasteiger partial charge < -0.3 is 9.84 Å². The summed E-state index contributed by atoms with van der Waals surface area (Å²) in [5.74, 6) is 0.891. The van der Waals surface area contributed by atoms with Gasteiger partial charge in [0.15, 0.2) is 0 Å². The van der Waals surface area contributed by atoms with Crippen LogP contribution in [0.4, 0.5) is 0 Å². The molecule has 0 amide bonds. The standard InChI is InChI=1S/C21H27O2P/c1-5-6-7-13-23-18-11-12-19(17(4)14-18)24-21(22)20-15(2)9-8-10-16(20)3/h8-12,14,22H,5-7,13H2,1-4H3/p-1. The van der Waals surface area contributed by atoms with Crippen molar-refractivity contribution in [2.75, 3.05) is 6.61 Å². The highest BCUT2D eigenvalue weighted by atomic mass is 31.1. The number of hydrogen-bond donors (Lipinski definition) is 0. The van der Waals surface area contributed by atoms with E-state index in [-0.39, 0.29) is 5.48 Å².